The molecule has 0 unspecified atom stereocenters. The van der Waals surface area contributed by atoms with Crippen LogP contribution in [0.4, 0.5) is 5.69 Å². The molecule has 0 aliphatic heterocycles. The van der Waals surface area contributed by atoms with E-state index in [1.807, 2.05) is 13.0 Å². The molecule has 0 radical (unpaired) electrons. The quantitative estimate of drug-likeness (QED) is 0.879. The molecule has 0 spiro atoms. The van der Waals surface area contributed by atoms with Crippen LogP contribution in [-0.2, 0) is 16.6 Å². The number of furan rings is 1. The number of aliphatic hydroxyl groups excluding tert-OH is 1. The molecule has 20 heavy (non-hydrogen) atoms. The molecule has 0 atom stereocenters. The van der Waals surface area contributed by atoms with Gasteiger partial charge in [-0.25, -0.2) is 8.42 Å². The minimum absolute atomic E-state index is 0.0270. The van der Waals surface area contributed by atoms with E-state index in [0.29, 0.717) is 5.69 Å². The highest BCUT2D eigenvalue weighted by Gasteiger charge is 2.21. The van der Waals surface area contributed by atoms with Crippen LogP contribution >= 0.6 is 15.9 Å². The summed E-state index contributed by atoms with van der Waals surface area (Å²) in [5.41, 5.74) is 1.39. The van der Waals surface area contributed by atoms with Gasteiger partial charge in [0.1, 0.15) is 23.0 Å². The second kappa shape index (κ2) is 5.59. The standard InChI is InChI=1S/C13H14BrNO4S/c1-8-3-10(14)5-11(4-8)15-20(17,18)13-6-12(7-16)19-9(13)2/h3-6,15-16H,7H2,1-2H3. The molecule has 0 aliphatic rings. The van der Waals surface area contributed by atoms with Gasteiger partial charge in [0, 0.05) is 10.5 Å². The van der Waals surface area contributed by atoms with Gasteiger partial charge in [0.05, 0.1) is 5.69 Å². The predicted molar refractivity (Wildman–Crippen MR) is 79.1 cm³/mol. The van der Waals surface area contributed by atoms with Gasteiger partial charge in [-0.05, 0) is 37.6 Å². The number of benzene rings is 1. The van der Waals surface area contributed by atoms with Gasteiger partial charge >= 0.3 is 0 Å². The third kappa shape index (κ3) is 3.23. The number of hydrogen-bond donors (Lipinski definition) is 2. The zero-order chi connectivity index (χ0) is 14.9. The maximum absolute atomic E-state index is 12.3. The number of anilines is 1. The molecule has 0 saturated carbocycles. The van der Waals surface area contributed by atoms with Gasteiger partial charge < -0.3 is 9.52 Å². The van der Waals surface area contributed by atoms with Gasteiger partial charge in [-0.2, -0.15) is 0 Å². The third-order valence-electron chi connectivity index (χ3n) is 2.66. The van der Waals surface area contributed by atoms with Crippen LogP contribution in [0.5, 0.6) is 0 Å². The van der Waals surface area contributed by atoms with Gasteiger partial charge in [-0.3, -0.25) is 4.72 Å². The molecule has 0 fully saturated rings. The van der Waals surface area contributed by atoms with Gasteiger partial charge in [0.25, 0.3) is 10.0 Å². The fourth-order valence-electron chi connectivity index (χ4n) is 1.87. The van der Waals surface area contributed by atoms with Crippen LogP contribution in [0.1, 0.15) is 17.1 Å². The summed E-state index contributed by atoms with van der Waals surface area (Å²) in [5, 5.41) is 8.99. The average Bonchev–Trinajstić information content (AvgIpc) is 2.69. The Morgan fingerprint density at radius 3 is 2.50 bits per heavy atom. The molecular weight excluding hydrogens is 346 g/mol. The number of hydrogen-bond acceptors (Lipinski definition) is 4. The van der Waals surface area contributed by atoms with Crippen molar-refractivity contribution in [3.05, 3.63) is 45.8 Å². The van der Waals surface area contributed by atoms with Crippen LogP contribution in [0.3, 0.4) is 0 Å². The minimum atomic E-state index is -3.74. The zero-order valence-corrected chi connectivity index (χ0v) is 13.4. The summed E-state index contributed by atoms with van der Waals surface area (Å²) in [6.07, 6.45) is 0. The second-order valence-corrected chi connectivity index (χ2v) is 6.98. The first-order valence-corrected chi connectivity index (χ1v) is 8.09. The highest BCUT2D eigenvalue weighted by Crippen LogP contribution is 2.25. The van der Waals surface area contributed by atoms with Gasteiger partial charge in [0.15, 0.2) is 0 Å². The fourth-order valence-corrected chi connectivity index (χ4v) is 3.73. The van der Waals surface area contributed by atoms with Crippen LogP contribution in [0.2, 0.25) is 0 Å². The van der Waals surface area contributed by atoms with Crippen LogP contribution < -0.4 is 4.72 Å². The number of nitrogens with one attached hydrogen (secondary N) is 1. The first-order valence-electron chi connectivity index (χ1n) is 5.82. The Morgan fingerprint density at radius 1 is 1.25 bits per heavy atom. The van der Waals surface area contributed by atoms with E-state index in [0.717, 1.165) is 10.0 Å². The highest BCUT2D eigenvalue weighted by atomic mass is 79.9. The number of aliphatic hydroxyl groups is 1. The lowest BCUT2D eigenvalue weighted by molar-refractivity contribution is 0.245. The lowest BCUT2D eigenvalue weighted by Crippen LogP contribution is -2.13. The van der Waals surface area contributed by atoms with Crippen LogP contribution in [0.15, 0.2) is 38.1 Å². The van der Waals surface area contributed by atoms with Crippen molar-refractivity contribution in [1.82, 2.24) is 0 Å². The SMILES string of the molecule is Cc1cc(Br)cc(NS(=O)(=O)c2cc(CO)oc2C)c1. The normalized spacial score (nSPS) is 11.6. The van der Waals surface area contributed by atoms with Crippen molar-refractivity contribution >= 4 is 31.6 Å². The van der Waals surface area contributed by atoms with E-state index < -0.39 is 10.0 Å². The molecule has 108 valence electrons. The van der Waals surface area contributed by atoms with E-state index in [2.05, 4.69) is 20.7 Å². The minimum Gasteiger partial charge on any atom is -0.462 e. The Labute approximate surface area is 125 Å². The maximum Gasteiger partial charge on any atom is 0.265 e. The fraction of sp³-hybridized carbons (Fsp3) is 0.231. The molecule has 2 rings (SSSR count). The summed E-state index contributed by atoms with van der Waals surface area (Å²) in [7, 11) is -3.74. The van der Waals surface area contributed by atoms with Crippen LogP contribution in [0.25, 0.3) is 0 Å². The van der Waals surface area contributed by atoms with E-state index in [1.54, 1.807) is 19.1 Å². The Morgan fingerprint density at radius 2 is 1.95 bits per heavy atom. The van der Waals surface area contributed by atoms with Crippen molar-refractivity contribution in [3.63, 3.8) is 0 Å². The summed E-state index contributed by atoms with van der Waals surface area (Å²) in [5.74, 6) is 0.460. The Bertz CT molecular complexity index is 717. The molecule has 1 heterocycles. The third-order valence-corrected chi connectivity index (χ3v) is 4.61. The lowest BCUT2D eigenvalue weighted by atomic mass is 10.2. The summed E-state index contributed by atoms with van der Waals surface area (Å²) >= 11 is 3.32. The van der Waals surface area contributed by atoms with Gasteiger partial charge in [-0.1, -0.05) is 15.9 Å². The molecule has 1 aromatic carbocycles. The molecule has 1 aromatic heterocycles. The number of rotatable bonds is 4. The number of halogens is 1. The van der Waals surface area contributed by atoms with E-state index in [1.165, 1.54) is 6.07 Å². The molecule has 5 nitrogen and oxygen atoms in total. The monoisotopic (exact) mass is 359 g/mol. The van der Waals surface area contributed by atoms with Crippen molar-refractivity contribution in [2.75, 3.05) is 4.72 Å². The average molecular weight is 360 g/mol. The summed E-state index contributed by atoms with van der Waals surface area (Å²) in [6.45, 7) is 3.07. The Hall–Kier alpha value is -1.31. The van der Waals surface area contributed by atoms with Crippen molar-refractivity contribution < 1.29 is 17.9 Å². The first kappa shape index (κ1) is 15.1. The maximum atomic E-state index is 12.3. The van der Waals surface area contributed by atoms with Crippen LogP contribution in [0, 0.1) is 13.8 Å². The lowest BCUT2D eigenvalue weighted by Gasteiger charge is -2.08. The van der Waals surface area contributed by atoms with Crippen molar-refractivity contribution in [2.24, 2.45) is 0 Å². The predicted octanol–water partition coefficient (Wildman–Crippen LogP) is 2.95. The van der Waals surface area contributed by atoms with E-state index in [4.69, 9.17) is 9.52 Å². The first-order chi connectivity index (χ1) is 9.31. The molecule has 0 bridgehead atoms. The topological polar surface area (TPSA) is 79.5 Å². The summed E-state index contributed by atoms with van der Waals surface area (Å²) in [4.78, 5) is 0.0270. The Kier molecular flexibility index (Phi) is 4.22. The second-order valence-electron chi connectivity index (χ2n) is 4.41. The number of sulfonamides is 1. The van der Waals surface area contributed by atoms with Crippen molar-refractivity contribution in [2.45, 2.75) is 25.3 Å². The summed E-state index contributed by atoms with van der Waals surface area (Å²) < 4.78 is 33.1. The molecule has 0 saturated heterocycles. The largest absolute Gasteiger partial charge is 0.462 e. The molecular formula is C13H14BrNO4S. The Balaban J connectivity index is 2.37. The van der Waals surface area contributed by atoms with Crippen molar-refractivity contribution in [3.8, 4) is 0 Å². The number of aryl methyl sites for hydroxylation is 2. The van der Waals surface area contributed by atoms with E-state index in [-0.39, 0.29) is 23.0 Å². The van der Waals surface area contributed by atoms with E-state index >= 15 is 0 Å². The molecule has 0 aliphatic carbocycles. The van der Waals surface area contributed by atoms with Gasteiger partial charge in [0.2, 0.25) is 0 Å². The summed E-state index contributed by atoms with van der Waals surface area (Å²) in [6, 6.07) is 6.60. The zero-order valence-electron chi connectivity index (χ0n) is 11.0. The molecule has 0 amide bonds. The van der Waals surface area contributed by atoms with Crippen molar-refractivity contribution in [1.29, 1.82) is 0 Å². The van der Waals surface area contributed by atoms with E-state index in [9.17, 15) is 8.42 Å². The smallest absolute Gasteiger partial charge is 0.265 e. The molecule has 2 aromatic rings. The van der Waals surface area contributed by atoms with Gasteiger partial charge in [-0.15, -0.1) is 0 Å². The van der Waals surface area contributed by atoms with Crippen LogP contribution in [-0.4, -0.2) is 13.5 Å². The highest BCUT2D eigenvalue weighted by molar-refractivity contribution is 9.10. The molecule has 2 N–H and O–H groups in total. The molecule has 7 heteroatoms.